The molecule has 1 rings (SSSR count). The number of carbonyl (C=O) groups is 3. The molecule has 6 nitrogen and oxygen atoms in total. The van der Waals surface area contributed by atoms with Gasteiger partial charge in [-0.1, -0.05) is 30.3 Å². The standard InChI is InChI=1S/C23H28ClNO5/c1-8-16(22(28)29-7)19(10-14(3)24)18-9-13(2)17(21(25)27)11-15(18)12-20(26)30-23(4,5)6/h8-11H,1,12H2,2-7H3,(H2,25,27)/b14-10+,19-16-. The van der Waals surface area contributed by atoms with E-state index in [9.17, 15) is 14.4 Å². The first-order valence-electron chi connectivity index (χ1n) is 9.25. The highest BCUT2D eigenvalue weighted by Crippen LogP contribution is 2.30. The Kier molecular flexibility index (Phi) is 8.61. The van der Waals surface area contributed by atoms with Gasteiger partial charge in [-0.05, 0) is 69.0 Å². The van der Waals surface area contributed by atoms with Crippen molar-refractivity contribution in [1.82, 2.24) is 0 Å². The molecule has 0 atom stereocenters. The zero-order chi connectivity index (χ0) is 23.2. The van der Waals surface area contributed by atoms with Crippen LogP contribution in [0.2, 0.25) is 0 Å². The van der Waals surface area contributed by atoms with Gasteiger partial charge in [0.15, 0.2) is 0 Å². The summed E-state index contributed by atoms with van der Waals surface area (Å²) in [6.07, 6.45) is 2.79. The molecule has 0 fully saturated rings. The van der Waals surface area contributed by atoms with Crippen LogP contribution >= 0.6 is 11.6 Å². The predicted molar refractivity (Wildman–Crippen MR) is 118 cm³/mol. The summed E-state index contributed by atoms with van der Waals surface area (Å²) in [5, 5.41) is 0.396. The van der Waals surface area contributed by atoms with Gasteiger partial charge in [0.2, 0.25) is 5.91 Å². The molecular formula is C23H28ClNO5. The van der Waals surface area contributed by atoms with Crippen LogP contribution in [0.1, 0.15) is 54.7 Å². The maximum Gasteiger partial charge on any atom is 0.338 e. The van der Waals surface area contributed by atoms with Crippen molar-refractivity contribution in [3.63, 3.8) is 0 Å². The zero-order valence-electron chi connectivity index (χ0n) is 18.2. The predicted octanol–water partition coefficient (Wildman–Crippen LogP) is 4.23. The number of carbonyl (C=O) groups excluding carboxylic acids is 3. The Hall–Kier alpha value is -2.86. The van der Waals surface area contributed by atoms with Crippen molar-refractivity contribution in [2.75, 3.05) is 7.11 Å². The van der Waals surface area contributed by atoms with E-state index in [1.807, 2.05) is 0 Å². The number of ether oxygens (including phenoxy) is 2. The average molecular weight is 434 g/mol. The van der Waals surface area contributed by atoms with Gasteiger partial charge in [-0.15, -0.1) is 0 Å². The second kappa shape index (κ2) is 10.3. The van der Waals surface area contributed by atoms with Crippen LogP contribution in [0.3, 0.4) is 0 Å². The number of aryl methyl sites for hydroxylation is 1. The van der Waals surface area contributed by atoms with Crippen LogP contribution in [0.25, 0.3) is 5.57 Å². The first-order valence-corrected chi connectivity index (χ1v) is 9.62. The molecule has 0 aromatic heterocycles. The van der Waals surface area contributed by atoms with Crippen LogP contribution in [0, 0.1) is 6.92 Å². The van der Waals surface area contributed by atoms with E-state index in [1.165, 1.54) is 19.3 Å². The van der Waals surface area contributed by atoms with E-state index in [1.54, 1.807) is 46.8 Å². The van der Waals surface area contributed by atoms with Crippen molar-refractivity contribution < 1.29 is 23.9 Å². The number of rotatable bonds is 7. The Morgan fingerprint density at radius 2 is 1.80 bits per heavy atom. The average Bonchev–Trinajstić information content (AvgIpc) is 2.60. The number of hydrogen-bond donors (Lipinski definition) is 1. The van der Waals surface area contributed by atoms with Crippen LogP contribution in [0.15, 0.2) is 41.5 Å². The van der Waals surface area contributed by atoms with Crippen LogP contribution in [0.4, 0.5) is 0 Å². The summed E-state index contributed by atoms with van der Waals surface area (Å²) in [6.45, 7) is 12.3. The highest BCUT2D eigenvalue weighted by atomic mass is 35.5. The summed E-state index contributed by atoms with van der Waals surface area (Å²) < 4.78 is 10.3. The summed E-state index contributed by atoms with van der Waals surface area (Å²) >= 11 is 6.11. The summed E-state index contributed by atoms with van der Waals surface area (Å²) in [6, 6.07) is 3.21. The second-order valence-corrected chi connectivity index (χ2v) is 8.30. The topological polar surface area (TPSA) is 95.7 Å². The number of nitrogens with two attached hydrogens (primary N) is 1. The Morgan fingerprint density at radius 3 is 2.23 bits per heavy atom. The zero-order valence-corrected chi connectivity index (χ0v) is 19.0. The molecule has 2 N–H and O–H groups in total. The lowest BCUT2D eigenvalue weighted by molar-refractivity contribution is -0.153. The highest BCUT2D eigenvalue weighted by molar-refractivity contribution is 6.30. The number of amides is 1. The van der Waals surface area contributed by atoms with Crippen LogP contribution in [-0.2, 0) is 25.5 Å². The van der Waals surface area contributed by atoms with Crippen molar-refractivity contribution >= 4 is 35.0 Å². The third kappa shape index (κ3) is 6.88. The molecule has 0 heterocycles. The number of halogens is 1. The van der Waals surface area contributed by atoms with E-state index in [0.29, 0.717) is 27.3 Å². The van der Waals surface area contributed by atoms with Gasteiger partial charge in [-0.3, -0.25) is 9.59 Å². The smallest absolute Gasteiger partial charge is 0.338 e. The summed E-state index contributed by atoms with van der Waals surface area (Å²) in [5.74, 6) is -1.74. The van der Waals surface area contributed by atoms with Gasteiger partial charge in [0.25, 0.3) is 0 Å². The monoisotopic (exact) mass is 433 g/mol. The van der Waals surface area contributed by atoms with Gasteiger partial charge in [-0.2, -0.15) is 0 Å². The molecule has 0 saturated heterocycles. The van der Waals surface area contributed by atoms with Crippen molar-refractivity contribution in [3.05, 3.63) is 63.7 Å². The number of esters is 2. The maximum absolute atomic E-state index is 12.5. The molecule has 0 spiro atoms. The summed E-state index contributed by atoms with van der Waals surface area (Å²) in [5.41, 5.74) is 7.19. The quantitative estimate of drug-likeness (QED) is 0.394. The van der Waals surface area contributed by atoms with Gasteiger partial charge in [-0.25, -0.2) is 4.79 Å². The van der Waals surface area contributed by atoms with Gasteiger partial charge >= 0.3 is 11.9 Å². The molecule has 0 aliphatic carbocycles. The lowest BCUT2D eigenvalue weighted by atomic mass is 9.89. The lowest BCUT2D eigenvalue weighted by Crippen LogP contribution is -2.25. The molecule has 0 aliphatic heterocycles. The van der Waals surface area contributed by atoms with E-state index < -0.39 is 23.4 Å². The Balaban J connectivity index is 3.85. The summed E-state index contributed by atoms with van der Waals surface area (Å²) in [7, 11) is 1.25. The van der Waals surface area contributed by atoms with Crippen molar-refractivity contribution in [2.45, 2.75) is 46.6 Å². The minimum absolute atomic E-state index is 0.141. The van der Waals surface area contributed by atoms with Gasteiger partial charge in [0.05, 0.1) is 19.1 Å². The normalized spacial score (nSPS) is 12.7. The van der Waals surface area contributed by atoms with E-state index in [0.717, 1.165) is 0 Å². The first kappa shape index (κ1) is 25.2. The lowest BCUT2D eigenvalue weighted by Gasteiger charge is -2.21. The van der Waals surface area contributed by atoms with E-state index in [-0.39, 0.29) is 17.6 Å². The van der Waals surface area contributed by atoms with Crippen LogP contribution in [-0.4, -0.2) is 30.6 Å². The number of methoxy groups -OCH3 is 1. The van der Waals surface area contributed by atoms with Gasteiger partial charge < -0.3 is 15.2 Å². The number of primary amides is 1. The second-order valence-electron chi connectivity index (χ2n) is 7.71. The molecule has 1 aromatic rings. The Bertz CT molecular complexity index is 932. The molecule has 0 radical (unpaired) electrons. The Morgan fingerprint density at radius 1 is 1.20 bits per heavy atom. The Labute approximate surface area is 182 Å². The molecule has 162 valence electrons. The molecule has 0 unspecified atom stereocenters. The van der Waals surface area contributed by atoms with Gasteiger partial charge in [0, 0.05) is 10.6 Å². The number of benzene rings is 1. The fraction of sp³-hybridized carbons (Fsp3) is 0.348. The molecule has 0 saturated carbocycles. The first-order chi connectivity index (χ1) is 13.8. The third-order valence-electron chi connectivity index (χ3n) is 4.00. The fourth-order valence-electron chi connectivity index (χ4n) is 2.86. The SMILES string of the molecule is C=C/C(C(=O)OC)=C(\C=C(/C)Cl)c1cc(C)c(C(N)=O)cc1CC(=O)OC(C)(C)C. The number of hydrogen-bond acceptors (Lipinski definition) is 5. The molecule has 7 heteroatoms. The summed E-state index contributed by atoms with van der Waals surface area (Å²) in [4.78, 5) is 36.7. The van der Waals surface area contributed by atoms with Crippen molar-refractivity contribution in [1.29, 1.82) is 0 Å². The minimum Gasteiger partial charge on any atom is -0.465 e. The number of allylic oxidation sites excluding steroid dienone is 3. The highest BCUT2D eigenvalue weighted by Gasteiger charge is 2.22. The largest absolute Gasteiger partial charge is 0.465 e. The molecule has 1 aromatic carbocycles. The molecule has 30 heavy (non-hydrogen) atoms. The molecule has 0 aliphatic rings. The van der Waals surface area contributed by atoms with Crippen molar-refractivity contribution in [3.8, 4) is 0 Å². The van der Waals surface area contributed by atoms with E-state index >= 15 is 0 Å². The minimum atomic E-state index is -0.682. The van der Waals surface area contributed by atoms with Gasteiger partial charge in [0.1, 0.15) is 5.60 Å². The molecule has 1 amide bonds. The van der Waals surface area contributed by atoms with Crippen LogP contribution in [0.5, 0.6) is 0 Å². The maximum atomic E-state index is 12.5. The van der Waals surface area contributed by atoms with Crippen LogP contribution < -0.4 is 5.73 Å². The third-order valence-corrected chi connectivity index (χ3v) is 4.11. The van der Waals surface area contributed by atoms with E-state index in [4.69, 9.17) is 26.8 Å². The molecule has 0 bridgehead atoms. The van der Waals surface area contributed by atoms with Crippen molar-refractivity contribution in [2.24, 2.45) is 5.73 Å². The molecular weight excluding hydrogens is 406 g/mol. The van der Waals surface area contributed by atoms with E-state index in [2.05, 4.69) is 6.58 Å². The fourth-order valence-corrected chi connectivity index (χ4v) is 2.97.